The molecule has 0 bridgehead atoms. The van der Waals surface area contributed by atoms with E-state index in [9.17, 15) is 18.0 Å². The molecule has 3 N–H and O–H groups in total. The fourth-order valence-corrected chi connectivity index (χ4v) is 2.46. The number of benzene rings is 1. The largest absolute Gasteiger partial charge is 0.492 e. The van der Waals surface area contributed by atoms with E-state index < -0.39 is 21.7 Å². The van der Waals surface area contributed by atoms with Crippen LogP contribution in [0.3, 0.4) is 0 Å². The fraction of sp³-hybridized carbons (Fsp3) is 0.333. The molecule has 0 atom stereocenters. The number of hydrogen-bond donors (Lipinski definition) is 2. The molecule has 0 heterocycles. The van der Waals surface area contributed by atoms with Crippen molar-refractivity contribution >= 4 is 21.7 Å². The highest BCUT2D eigenvalue weighted by atomic mass is 32.2. The Morgan fingerprint density at radius 1 is 1.20 bits per heavy atom. The van der Waals surface area contributed by atoms with Crippen molar-refractivity contribution in [3.63, 3.8) is 0 Å². The predicted molar refractivity (Wildman–Crippen MR) is 71.4 cm³/mol. The summed E-state index contributed by atoms with van der Waals surface area (Å²) < 4.78 is 28.2. The van der Waals surface area contributed by atoms with Gasteiger partial charge in [-0.25, -0.2) is 13.2 Å². The molecule has 0 saturated heterocycles. The highest BCUT2D eigenvalue weighted by molar-refractivity contribution is 7.91. The Labute approximate surface area is 116 Å². The molecule has 1 rings (SSSR count). The third-order valence-corrected chi connectivity index (χ3v) is 4.04. The SMILES string of the molecule is NC(=O)CCS(=O)(=O)CCOc1ccccc1C(=O)O. The van der Waals surface area contributed by atoms with Crippen LogP contribution in [0.2, 0.25) is 0 Å². The van der Waals surface area contributed by atoms with Crippen molar-refractivity contribution < 1.29 is 27.9 Å². The van der Waals surface area contributed by atoms with Gasteiger partial charge in [-0.05, 0) is 12.1 Å². The number of hydrogen-bond acceptors (Lipinski definition) is 5. The smallest absolute Gasteiger partial charge is 0.339 e. The van der Waals surface area contributed by atoms with E-state index >= 15 is 0 Å². The summed E-state index contributed by atoms with van der Waals surface area (Å²) in [5, 5.41) is 8.92. The zero-order valence-electron chi connectivity index (χ0n) is 10.6. The second-order valence-corrected chi connectivity index (χ2v) is 6.32. The number of sulfone groups is 1. The van der Waals surface area contributed by atoms with Gasteiger partial charge in [0.25, 0.3) is 0 Å². The van der Waals surface area contributed by atoms with Crippen LogP contribution in [-0.2, 0) is 14.6 Å². The van der Waals surface area contributed by atoms with E-state index in [2.05, 4.69) is 0 Å². The van der Waals surface area contributed by atoms with Crippen molar-refractivity contribution in [2.24, 2.45) is 5.73 Å². The van der Waals surface area contributed by atoms with E-state index in [4.69, 9.17) is 15.6 Å². The number of carbonyl (C=O) groups excluding carboxylic acids is 1. The van der Waals surface area contributed by atoms with Crippen LogP contribution in [0.25, 0.3) is 0 Å². The second-order valence-electron chi connectivity index (χ2n) is 4.02. The van der Waals surface area contributed by atoms with E-state index in [1.54, 1.807) is 12.1 Å². The normalized spacial score (nSPS) is 11.0. The van der Waals surface area contributed by atoms with Crippen molar-refractivity contribution in [3.05, 3.63) is 29.8 Å². The first kappa shape index (κ1) is 16.0. The van der Waals surface area contributed by atoms with Gasteiger partial charge in [-0.15, -0.1) is 0 Å². The molecule has 0 aliphatic carbocycles. The van der Waals surface area contributed by atoms with Crippen LogP contribution in [0.15, 0.2) is 24.3 Å². The lowest BCUT2D eigenvalue weighted by Crippen LogP contribution is -2.22. The van der Waals surface area contributed by atoms with Gasteiger partial charge >= 0.3 is 5.97 Å². The third-order valence-electron chi connectivity index (χ3n) is 2.43. The van der Waals surface area contributed by atoms with Gasteiger partial charge in [-0.3, -0.25) is 4.79 Å². The lowest BCUT2D eigenvalue weighted by atomic mass is 10.2. The summed E-state index contributed by atoms with van der Waals surface area (Å²) in [6.07, 6.45) is -0.242. The Bertz CT molecular complexity index is 596. The average Bonchev–Trinajstić information content (AvgIpc) is 2.37. The van der Waals surface area contributed by atoms with Gasteiger partial charge in [0.1, 0.15) is 17.9 Å². The summed E-state index contributed by atoms with van der Waals surface area (Å²) in [5.74, 6) is -2.39. The molecule has 0 aliphatic heterocycles. The number of amides is 1. The van der Waals surface area contributed by atoms with Gasteiger partial charge < -0.3 is 15.6 Å². The Kier molecular flexibility index (Phi) is 5.51. The molecule has 110 valence electrons. The van der Waals surface area contributed by atoms with Crippen molar-refractivity contribution in [2.45, 2.75) is 6.42 Å². The molecule has 0 unspecified atom stereocenters. The highest BCUT2D eigenvalue weighted by Crippen LogP contribution is 2.17. The van der Waals surface area contributed by atoms with Crippen LogP contribution >= 0.6 is 0 Å². The molecule has 8 heteroatoms. The first-order chi connectivity index (χ1) is 9.32. The monoisotopic (exact) mass is 301 g/mol. The zero-order chi connectivity index (χ0) is 15.2. The Morgan fingerprint density at radius 3 is 2.45 bits per heavy atom. The molecule has 0 fully saturated rings. The number of para-hydroxylation sites is 1. The van der Waals surface area contributed by atoms with Gasteiger partial charge in [0.15, 0.2) is 9.84 Å². The van der Waals surface area contributed by atoms with Gasteiger partial charge in [-0.1, -0.05) is 12.1 Å². The maximum Gasteiger partial charge on any atom is 0.339 e. The molecule has 1 aromatic rings. The van der Waals surface area contributed by atoms with E-state index in [1.807, 2.05) is 0 Å². The highest BCUT2D eigenvalue weighted by Gasteiger charge is 2.14. The lowest BCUT2D eigenvalue weighted by molar-refractivity contribution is -0.117. The minimum absolute atomic E-state index is 0.0398. The summed E-state index contributed by atoms with van der Waals surface area (Å²) in [6, 6.07) is 5.93. The molecule has 7 nitrogen and oxygen atoms in total. The number of primary amides is 1. The van der Waals surface area contributed by atoms with Crippen LogP contribution in [-0.4, -0.2) is 43.5 Å². The molecule has 1 aromatic carbocycles. The van der Waals surface area contributed by atoms with Crippen LogP contribution < -0.4 is 10.5 Å². The summed E-state index contributed by atoms with van der Waals surface area (Å²) in [7, 11) is -3.45. The van der Waals surface area contributed by atoms with E-state index in [-0.39, 0.29) is 35.8 Å². The van der Waals surface area contributed by atoms with E-state index in [1.165, 1.54) is 12.1 Å². The molecular weight excluding hydrogens is 286 g/mol. The van der Waals surface area contributed by atoms with E-state index in [0.29, 0.717) is 0 Å². The minimum atomic E-state index is -3.45. The number of carboxylic acid groups (broad SMARTS) is 1. The van der Waals surface area contributed by atoms with Crippen LogP contribution in [0.1, 0.15) is 16.8 Å². The van der Waals surface area contributed by atoms with Gasteiger partial charge in [0, 0.05) is 6.42 Å². The van der Waals surface area contributed by atoms with Gasteiger partial charge in [-0.2, -0.15) is 0 Å². The second kappa shape index (κ2) is 6.90. The summed E-state index contributed by atoms with van der Waals surface area (Å²) >= 11 is 0. The molecule has 0 saturated carbocycles. The molecule has 0 radical (unpaired) electrons. The summed E-state index contributed by atoms with van der Waals surface area (Å²) in [4.78, 5) is 21.4. The standard InChI is InChI=1S/C12H15NO6S/c13-11(14)5-7-20(17,18)8-6-19-10-4-2-1-3-9(10)12(15)16/h1-4H,5-8H2,(H2,13,14)(H,15,16). The lowest BCUT2D eigenvalue weighted by Gasteiger charge is -2.09. The Morgan fingerprint density at radius 2 is 1.85 bits per heavy atom. The number of carbonyl (C=O) groups is 2. The summed E-state index contributed by atoms with van der Waals surface area (Å²) in [5.41, 5.74) is 4.83. The Hall–Kier alpha value is -2.09. The molecular formula is C12H15NO6S. The minimum Gasteiger partial charge on any atom is -0.492 e. The van der Waals surface area contributed by atoms with Crippen LogP contribution in [0, 0.1) is 0 Å². The van der Waals surface area contributed by atoms with Crippen molar-refractivity contribution in [2.75, 3.05) is 18.1 Å². The topological polar surface area (TPSA) is 124 Å². The average molecular weight is 301 g/mol. The fourth-order valence-electron chi connectivity index (χ4n) is 1.41. The predicted octanol–water partition coefficient (Wildman–Crippen LogP) is 0.0538. The molecule has 0 aliphatic rings. The number of aromatic carboxylic acids is 1. The molecule has 1 amide bonds. The number of ether oxygens (including phenoxy) is 1. The first-order valence-electron chi connectivity index (χ1n) is 5.75. The van der Waals surface area contributed by atoms with E-state index in [0.717, 1.165) is 0 Å². The van der Waals surface area contributed by atoms with Crippen LogP contribution in [0.4, 0.5) is 0 Å². The number of rotatable bonds is 8. The van der Waals surface area contributed by atoms with Crippen molar-refractivity contribution in [3.8, 4) is 5.75 Å². The molecule has 0 aromatic heterocycles. The molecule has 20 heavy (non-hydrogen) atoms. The maximum absolute atomic E-state index is 11.5. The third kappa shape index (κ3) is 5.27. The number of carboxylic acids is 1. The van der Waals surface area contributed by atoms with Crippen LogP contribution in [0.5, 0.6) is 5.75 Å². The Balaban J connectivity index is 2.57. The molecule has 0 spiro atoms. The first-order valence-corrected chi connectivity index (χ1v) is 7.58. The maximum atomic E-state index is 11.5. The van der Waals surface area contributed by atoms with Crippen molar-refractivity contribution in [1.29, 1.82) is 0 Å². The number of nitrogens with two attached hydrogens (primary N) is 1. The quantitative estimate of drug-likeness (QED) is 0.699. The van der Waals surface area contributed by atoms with Gasteiger partial charge in [0.05, 0.1) is 11.5 Å². The van der Waals surface area contributed by atoms with Gasteiger partial charge in [0.2, 0.25) is 5.91 Å². The van der Waals surface area contributed by atoms with Crippen molar-refractivity contribution in [1.82, 2.24) is 0 Å². The zero-order valence-corrected chi connectivity index (χ0v) is 11.4. The summed E-state index contributed by atoms with van der Waals surface area (Å²) in [6.45, 7) is -0.189.